The van der Waals surface area contributed by atoms with Crippen molar-refractivity contribution < 1.29 is 9.53 Å². The van der Waals surface area contributed by atoms with Crippen molar-refractivity contribution in [3.63, 3.8) is 0 Å². The number of H-pyrrole nitrogens is 1. The molecule has 1 saturated carbocycles. The molecule has 2 aliphatic rings. The number of ether oxygens (including phenoxy) is 1. The molecule has 2 N–H and O–H groups in total. The van der Waals surface area contributed by atoms with Gasteiger partial charge in [-0.05, 0) is 90.3 Å². The molecule has 9 nitrogen and oxygen atoms in total. The van der Waals surface area contributed by atoms with Crippen LogP contribution in [-0.2, 0) is 4.74 Å². The van der Waals surface area contributed by atoms with Crippen molar-refractivity contribution in [3.8, 4) is 0 Å². The maximum absolute atomic E-state index is 12.2. The zero-order valence-electron chi connectivity index (χ0n) is 20.6. The molecule has 1 aliphatic heterocycles. The van der Waals surface area contributed by atoms with Gasteiger partial charge in [-0.1, -0.05) is 5.21 Å². The minimum absolute atomic E-state index is 0.176. The van der Waals surface area contributed by atoms with Gasteiger partial charge in [0.1, 0.15) is 23.1 Å². The molecule has 0 aromatic carbocycles. The van der Waals surface area contributed by atoms with E-state index in [1.807, 2.05) is 36.4 Å². The first kappa shape index (κ1) is 23.1. The number of aromatic amines is 1. The van der Waals surface area contributed by atoms with Crippen LogP contribution in [0.2, 0.25) is 0 Å². The Balaban J connectivity index is 1.06. The van der Waals surface area contributed by atoms with Gasteiger partial charge in [0, 0.05) is 30.6 Å². The molecule has 9 heteroatoms. The van der Waals surface area contributed by atoms with E-state index >= 15 is 0 Å². The summed E-state index contributed by atoms with van der Waals surface area (Å²) >= 11 is 0. The lowest BCUT2D eigenvalue weighted by Crippen LogP contribution is -2.43. The third-order valence-corrected chi connectivity index (χ3v) is 7.36. The fourth-order valence-corrected chi connectivity index (χ4v) is 5.47. The lowest BCUT2D eigenvalue weighted by Gasteiger charge is -2.34. The summed E-state index contributed by atoms with van der Waals surface area (Å²) in [5.74, 6) is 1.82. The lowest BCUT2D eigenvalue weighted by molar-refractivity contribution is 0.0184. The maximum atomic E-state index is 12.2. The quantitative estimate of drug-likeness (QED) is 0.586. The van der Waals surface area contributed by atoms with E-state index in [4.69, 9.17) is 4.74 Å². The van der Waals surface area contributed by atoms with Crippen LogP contribution in [0.15, 0.2) is 18.6 Å². The number of hydrogen-bond acceptors (Lipinski definition) is 6. The van der Waals surface area contributed by atoms with E-state index in [9.17, 15) is 4.79 Å². The van der Waals surface area contributed by atoms with Gasteiger partial charge in [-0.3, -0.25) is 0 Å². The van der Waals surface area contributed by atoms with Crippen LogP contribution < -0.4 is 5.32 Å². The smallest absolute Gasteiger partial charge is 0.410 e. The number of piperidine rings is 1. The summed E-state index contributed by atoms with van der Waals surface area (Å²) in [5.41, 5.74) is 2.69. The molecular weight excluding hydrogens is 430 g/mol. The molecule has 1 saturated heterocycles. The molecule has 3 aromatic heterocycles. The topological polar surface area (TPSA) is 100 Å². The highest BCUT2D eigenvalue weighted by Gasteiger charge is 2.28. The number of nitrogens with one attached hydrogen (secondary N) is 2. The molecule has 0 radical (unpaired) electrons. The standard InChI is InChI=1S/C25H37N7O2/c1-25(2,3)34-24(33)31-12-9-18(10-13-31)15-26-14-17-4-6-19(7-5-17)21-22-20-8-11-27-23(20)28-16-32(22)30-29-21/h8,11,16-19,26-27H,4-7,9-10,12-15H2,1-3H3. The number of rotatable bonds is 5. The van der Waals surface area contributed by atoms with Gasteiger partial charge in [-0.25, -0.2) is 14.3 Å². The van der Waals surface area contributed by atoms with Crippen molar-refractivity contribution in [1.82, 2.24) is 35.0 Å². The second-order valence-corrected chi connectivity index (χ2v) is 11.0. The van der Waals surface area contributed by atoms with E-state index in [-0.39, 0.29) is 6.09 Å². The van der Waals surface area contributed by atoms with Crippen LogP contribution in [0.25, 0.3) is 16.6 Å². The number of nitrogens with zero attached hydrogens (tertiary/aromatic N) is 5. The molecule has 1 amide bonds. The van der Waals surface area contributed by atoms with Crippen LogP contribution in [0.5, 0.6) is 0 Å². The molecule has 0 bridgehead atoms. The van der Waals surface area contributed by atoms with Gasteiger partial charge in [-0.2, -0.15) is 0 Å². The van der Waals surface area contributed by atoms with E-state index in [0.29, 0.717) is 17.8 Å². The van der Waals surface area contributed by atoms with Gasteiger partial charge < -0.3 is 19.9 Å². The molecule has 4 heterocycles. The maximum Gasteiger partial charge on any atom is 0.410 e. The summed E-state index contributed by atoms with van der Waals surface area (Å²) in [5, 5.41) is 13.7. The Bertz CT molecular complexity index is 1120. The van der Waals surface area contributed by atoms with Crippen LogP contribution in [0.1, 0.15) is 70.9 Å². The minimum Gasteiger partial charge on any atom is -0.444 e. The van der Waals surface area contributed by atoms with Gasteiger partial charge in [0.05, 0.1) is 5.69 Å². The molecule has 2 fully saturated rings. The zero-order valence-corrected chi connectivity index (χ0v) is 20.6. The van der Waals surface area contributed by atoms with Gasteiger partial charge in [-0.15, -0.1) is 5.10 Å². The van der Waals surface area contributed by atoms with Crippen molar-refractivity contribution in [1.29, 1.82) is 0 Å². The summed E-state index contributed by atoms with van der Waals surface area (Å²) in [4.78, 5) is 21.7. The van der Waals surface area contributed by atoms with Crippen LogP contribution in [-0.4, -0.2) is 67.6 Å². The van der Waals surface area contributed by atoms with E-state index < -0.39 is 5.60 Å². The van der Waals surface area contributed by atoms with E-state index in [0.717, 1.165) is 74.1 Å². The van der Waals surface area contributed by atoms with Crippen LogP contribution in [0, 0.1) is 11.8 Å². The number of aromatic nitrogens is 5. The van der Waals surface area contributed by atoms with Crippen LogP contribution in [0.3, 0.4) is 0 Å². The molecule has 1 aliphatic carbocycles. The highest BCUT2D eigenvalue weighted by atomic mass is 16.6. The Morgan fingerprint density at radius 2 is 1.82 bits per heavy atom. The van der Waals surface area contributed by atoms with Crippen molar-refractivity contribution in [3.05, 3.63) is 24.3 Å². The summed E-state index contributed by atoms with van der Waals surface area (Å²) < 4.78 is 7.32. The molecule has 3 aromatic rings. The van der Waals surface area contributed by atoms with Crippen molar-refractivity contribution >= 4 is 22.6 Å². The molecule has 34 heavy (non-hydrogen) atoms. The lowest BCUT2D eigenvalue weighted by atomic mass is 9.80. The average Bonchev–Trinajstić information content (AvgIpc) is 3.45. The number of carbonyl (C=O) groups is 1. The molecule has 0 unspecified atom stereocenters. The molecule has 184 valence electrons. The van der Waals surface area contributed by atoms with Crippen LogP contribution in [0.4, 0.5) is 4.79 Å². The van der Waals surface area contributed by atoms with Gasteiger partial charge in [0.25, 0.3) is 0 Å². The summed E-state index contributed by atoms with van der Waals surface area (Å²) in [6.07, 6.45) is 10.3. The van der Waals surface area contributed by atoms with E-state index in [2.05, 4.69) is 31.7 Å². The zero-order chi connectivity index (χ0) is 23.7. The highest BCUT2D eigenvalue weighted by Crippen LogP contribution is 2.37. The summed E-state index contributed by atoms with van der Waals surface area (Å²) in [6, 6.07) is 2.07. The fraction of sp³-hybridized carbons (Fsp3) is 0.680. The van der Waals surface area contributed by atoms with Crippen molar-refractivity contribution in [2.75, 3.05) is 26.2 Å². The summed E-state index contributed by atoms with van der Waals surface area (Å²) in [6.45, 7) is 9.46. The van der Waals surface area contributed by atoms with E-state index in [1.165, 1.54) is 12.8 Å². The van der Waals surface area contributed by atoms with Gasteiger partial charge >= 0.3 is 6.09 Å². The second kappa shape index (κ2) is 9.52. The number of fused-ring (bicyclic) bond motifs is 3. The Labute approximate surface area is 200 Å². The Kier molecular flexibility index (Phi) is 6.46. The SMILES string of the molecule is CC(C)(C)OC(=O)N1CCC(CNCC2CCC(c3nnn4cnc5[nH]ccc5c34)CC2)CC1. The predicted octanol–water partition coefficient (Wildman–Crippen LogP) is 4.12. The minimum atomic E-state index is -0.429. The Hall–Kier alpha value is -2.68. The first-order chi connectivity index (χ1) is 16.4. The predicted molar refractivity (Wildman–Crippen MR) is 131 cm³/mol. The fourth-order valence-electron chi connectivity index (χ4n) is 5.47. The number of carbonyl (C=O) groups excluding carboxylic acids is 1. The number of hydrogen-bond donors (Lipinski definition) is 2. The van der Waals surface area contributed by atoms with Crippen LogP contribution >= 0.6 is 0 Å². The third-order valence-electron chi connectivity index (χ3n) is 7.36. The molecular formula is C25H37N7O2. The molecule has 0 spiro atoms. The monoisotopic (exact) mass is 467 g/mol. The first-order valence-corrected chi connectivity index (χ1v) is 12.7. The summed E-state index contributed by atoms with van der Waals surface area (Å²) in [7, 11) is 0. The van der Waals surface area contributed by atoms with Gasteiger partial charge in [0.15, 0.2) is 0 Å². The first-order valence-electron chi connectivity index (χ1n) is 12.7. The third kappa shape index (κ3) is 5.04. The highest BCUT2D eigenvalue weighted by molar-refractivity contribution is 5.92. The largest absolute Gasteiger partial charge is 0.444 e. The normalized spacial score (nSPS) is 22.5. The number of amides is 1. The van der Waals surface area contributed by atoms with Crippen molar-refractivity contribution in [2.45, 2.75) is 70.8 Å². The van der Waals surface area contributed by atoms with E-state index in [1.54, 1.807) is 6.33 Å². The van der Waals surface area contributed by atoms with Crippen molar-refractivity contribution in [2.24, 2.45) is 11.8 Å². The number of likely N-dealkylation sites (tertiary alicyclic amines) is 1. The molecule has 0 atom stereocenters. The Morgan fingerprint density at radius 3 is 2.53 bits per heavy atom. The second-order valence-electron chi connectivity index (χ2n) is 11.0. The molecule has 5 rings (SSSR count). The van der Waals surface area contributed by atoms with Gasteiger partial charge in [0.2, 0.25) is 0 Å². The Morgan fingerprint density at radius 1 is 1.12 bits per heavy atom. The average molecular weight is 468 g/mol.